The molecule has 29 heavy (non-hydrogen) atoms. The Hall–Kier alpha value is -2.41. The average molecular weight is 419 g/mol. The van der Waals surface area contributed by atoms with Crippen LogP contribution in [-0.4, -0.2) is 24.1 Å². The van der Waals surface area contributed by atoms with Crippen LogP contribution in [0.15, 0.2) is 47.4 Å². The molecule has 2 N–H and O–H groups in total. The first kappa shape index (κ1) is 21.3. The molecule has 1 fully saturated rings. The van der Waals surface area contributed by atoms with E-state index in [1.807, 2.05) is 0 Å². The van der Waals surface area contributed by atoms with Crippen molar-refractivity contribution in [2.75, 3.05) is 17.6 Å². The Morgan fingerprint density at radius 2 is 1.79 bits per heavy atom. The molecular formula is C22H24F2N2O2S. The predicted molar refractivity (Wildman–Crippen MR) is 111 cm³/mol. The Morgan fingerprint density at radius 1 is 1.03 bits per heavy atom. The van der Waals surface area contributed by atoms with E-state index in [1.54, 1.807) is 24.3 Å². The number of anilines is 1. The summed E-state index contributed by atoms with van der Waals surface area (Å²) >= 11 is 1.25. The largest absolute Gasteiger partial charge is 0.355 e. The smallest absolute Gasteiger partial charge is 0.256 e. The summed E-state index contributed by atoms with van der Waals surface area (Å²) in [4.78, 5) is 25.4. The number of benzene rings is 2. The number of carbonyl (C=O) groups is 2. The highest BCUT2D eigenvalue weighted by atomic mass is 32.2. The second kappa shape index (κ2) is 10.4. The van der Waals surface area contributed by atoms with Gasteiger partial charge in [-0.05, 0) is 43.0 Å². The SMILES string of the molecule is O=C(CSc1ccccc1C(=O)Nc1cc(F)ccc1F)NCC1CCCCC1. The third-order valence-electron chi connectivity index (χ3n) is 4.98. The monoisotopic (exact) mass is 418 g/mol. The van der Waals surface area contributed by atoms with Gasteiger partial charge in [-0.25, -0.2) is 8.78 Å². The molecule has 0 radical (unpaired) electrons. The summed E-state index contributed by atoms with van der Waals surface area (Å²) in [5, 5.41) is 5.37. The highest BCUT2D eigenvalue weighted by molar-refractivity contribution is 8.00. The second-order valence-corrected chi connectivity index (χ2v) is 8.19. The summed E-state index contributed by atoms with van der Waals surface area (Å²) in [6.07, 6.45) is 6.05. The third-order valence-corrected chi connectivity index (χ3v) is 6.05. The quantitative estimate of drug-likeness (QED) is 0.622. The van der Waals surface area contributed by atoms with Crippen molar-refractivity contribution in [3.8, 4) is 0 Å². The zero-order valence-corrected chi connectivity index (χ0v) is 16.9. The molecule has 0 saturated heterocycles. The number of hydrogen-bond donors (Lipinski definition) is 2. The van der Waals surface area contributed by atoms with Gasteiger partial charge >= 0.3 is 0 Å². The van der Waals surface area contributed by atoms with E-state index in [2.05, 4.69) is 10.6 Å². The van der Waals surface area contributed by atoms with Crippen LogP contribution < -0.4 is 10.6 Å². The van der Waals surface area contributed by atoms with Gasteiger partial charge in [0.25, 0.3) is 5.91 Å². The van der Waals surface area contributed by atoms with Crippen LogP contribution in [0.2, 0.25) is 0 Å². The van der Waals surface area contributed by atoms with Crippen LogP contribution in [0.1, 0.15) is 42.5 Å². The molecule has 0 atom stereocenters. The molecule has 1 saturated carbocycles. The highest BCUT2D eigenvalue weighted by Crippen LogP contribution is 2.25. The summed E-state index contributed by atoms with van der Waals surface area (Å²) < 4.78 is 27.1. The first-order chi connectivity index (χ1) is 14.0. The molecule has 0 aromatic heterocycles. The Bertz CT molecular complexity index is 870. The fourth-order valence-electron chi connectivity index (χ4n) is 3.41. The predicted octanol–water partition coefficient (Wildman–Crippen LogP) is 5.01. The van der Waals surface area contributed by atoms with Crippen molar-refractivity contribution in [2.45, 2.75) is 37.0 Å². The normalized spacial score (nSPS) is 14.4. The summed E-state index contributed by atoms with van der Waals surface area (Å²) in [6, 6.07) is 9.65. The number of halogens is 2. The molecule has 0 unspecified atom stereocenters. The van der Waals surface area contributed by atoms with Gasteiger partial charge in [-0.15, -0.1) is 11.8 Å². The molecule has 1 aliphatic rings. The number of hydrogen-bond acceptors (Lipinski definition) is 3. The van der Waals surface area contributed by atoms with Crippen molar-refractivity contribution in [3.05, 3.63) is 59.7 Å². The van der Waals surface area contributed by atoms with E-state index in [4.69, 9.17) is 0 Å². The van der Waals surface area contributed by atoms with Crippen molar-refractivity contribution < 1.29 is 18.4 Å². The molecule has 2 aromatic carbocycles. The van der Waals surface area contributed by atoms with E-state index in [1.165, 1.54) is 31.0 Å². The van der Waals surface area contributed by atoms with Gasteiger partial charge in [-0.2, -0.15) is 0 Å². The van der Waals surface area contributed by atoms with Crippen LogP contribution in [0.5, 0.6) is 0 Å². The molecule has 0 spiro atoms. The summed E-state index contributed by atoms with van der Waals surface area (Å²) in [5.74, 6) is -1.25. The lowest BCUT2D eigenvalue weighted by Crippen LogP contribution is -2.31. The Labute approximate surface area is 173 Å². The zero-order valence-electron chi connectivity index (χ0n) is 16.0. The molecule has 7 heteroatoms. The van der Waals surface area contributed by atoms with E-state index >= 15 is 0 Å². The molecule has 1 aliphatic carbocycles. The number of nitrogens with one attached hydrogen (secondary N) is 2. The number of carbonyl (C=O) groups excluding carboxylic acids is 2. The van der Waals surface area contributed by atoms with Crippen LogP contribution in [0.3, 0.4) is 0 Å². The van der Waals surface area contributed by atoms with Gasteiger partial charge in [-0.3, -0.25) is 9.59 Å². The molecule has 0 bridgehead atoms. The zero-order chi connectivity index (χ0) is 20.6. The number of thioether (sulfide) groups is 1. The van der Waals surface area contributed by atoms with Gasteiger partial charge in [0.2, 0.25) is 5.91 Å². The van der Waals surface area contributed by atoms with Crippen molar-refractivity contribution in [1.29, 1.82) is 0 Å². The van der Waals surface area contributed by atoms with Gasteiger partial charge in [0.05, 0.1) is 17.0 Å². The molecule has 0 aliphatic heterocycles. The van der Waals surface area contributed by atoms with E-state index in [9.17, 15) is 18.4 Å². The summed E-state index contributed by atoms with van der Waals surface area (Å²) in [7, 11) is 0. The van der Waals surface area contributed by atoms with Gasteiger partial charge in [0, 0.05) is 17.5 Å². The maximum absolute atomic E-state index is 13.8. The van der Waals surface area contributed by atoms with Crippen molar-refractivity contribution in [1.82, 2.24) is 5.32 Å². The molecule has 3 rings (SSSR count). The van der Waals surface area contributed by atoms with E-state index in [-0.39, 0.29) is 17.3 Å². The van der Waals surface area contributed by atoms with E-state index in [0.29, 0.717) is 22.9 Å². The molecule has 4 nitrogen and oxygen atoms in total. The number of amides is 2. The lowest BCUT2D eigenvalue weighted by atomic mass is 9.89. The number of rotatable bonds is 7. The van der Waals surface area contributed by atoms with Crippen molar-refractivity contribution in [3.63, 3.8) is 0 Å². The first-order valence-corrected chi connectivity index (χ1v) is 10.8. The first-order valence-electron chi connectivity index (χ1n) is 9.78. The Kier molecular flexibility index (Phi) is 7.63. The van der Waals surface area contributed by atoms with Gasteiger partial charge in [-0.1, -0.05) is 31.4 Å². The third kappa shape index (κ3) is 6.29. The molecule has 154 valence electrons. The van der Waals surface area contributed by atoms with Gasteiger partial charge in [0.15, 0.2) is 0 Å². The van der Waals surface area contributed by atoms with Crippen LogP contribution in [0, 0.1) is 17.6 Å². The average Bonchev–Trinajstić information content (AvgIpc) is 2.74. The fraction of sp³-hybridized carbons (Fsp3) is 0.364. The molecular weight excluding hydrogens is 394 g/mol. The topological polar surface area (TPSA) is 58.2 Å². The summed E-state index contributed by atoms with van der Waals surface area (Å²) in [6.45, 7) is 0.695. The fourth-order valence-corrected chi connectivity index (χ4v) is 4.29. The van der Waals surface area contributed by atoms with Crippen LogP contribution in [-0.2, 0) is 4.79 Å². The highest BCUT2D eigenvalue weighted by Gasteiger charge is 2.17. The minimum Gasteiger partial charge on any atom is -0.355 e. The Morgan fingerprint density at radius 3 is 2.59 bits per heavy atom. The maximum atomic E-state index is 13.8. The standard InChI is InChI=1S/C22H24F2N2O2S/c23-16-10-11-18(24)19(12-16)26-22(28)17-8-4-5-9-20(17)29-14-21(27)25-13-15-6-2-1-3-7-15/h4-5,8-12,15H,1-3,6-7,13-14H2,(H,25,27)(H,26,28). The Balaban J connectivity index is 1.57. The lowest BCUT2D eigenvalue weighted by Gasteiger charge is -2.21. The second-order valence-electron chi connectivity index (χ2n) is 7.17. The van der Waals surface area contributed by atoms with E-state index in [0.717, 1.165) is 31.0 Å². The van der Waals surface area contributed by atoms with Crippen molar-refractivity contribution >= 4 is 29.3 Å². The van der Waals surface area contributed by atoms with Gasteiger partial charge < -0.3 is 10.6 Å². The van der Waals surface area contributed by atoms with Crippen LogP contribution >= 0.6 is 11.8 Å². The molecule has 2 aromatic rings. The minimum atomic E-state index is -0.716. The maximum Gasteiger partial charge on any atom is 0.256 e. The van der Waals surface area contributed by atoms with Gasteiger partial charge in [0.1, 0.15) is 11.6 Å². The molecule has 2 amide bonds. The van der Waals surface area contributed by atoms with Crippen molar-refractivity contribution in [2.24, 2.45) is 5.92 Å². The van der Waals surface area contributed by atoms with Crippen LogP contribution in [0.25, 0.3) is 0 Å². The lowest BCUT2D eigenvalue weighted by molar-refractivity contribution is -0.118. The van der Waals surface area contributed by atoms with Crippen LogP contribution in [0.4, 0.5) is 14.5 Å². The molecule has 0 heterocycles. The van der Waals surface area contributed by atoms with E-state index < -0.39 is 17.5 Å². The summed E-state index contributed by atoms with van der Waals surface area (Å²) in [5.41, 5.74) is 0.0845. The minimum absolute atomic E-state index is 0.0769.